The fourth-order valence-electron chi connectivity index (χ4n) is 7.24. The molecule has 2 saturated heterocycles. The second-order valence-corrected chi connectivity index (χ2v) is 12.0. The van der Waals surface area contributed by atoms with Gasteiger partial charge in [-0.05, 0) is 56.3 Å². The van der Waals surface area contributed by atoms with Gasteiger partial charge < -0.3 is 15.1 Å². The van der Waals surface area contributed by atoms with E-state index in [2.05, 4.69) is 54.6 Å². The van der Waals surface area contributed by atoms with Crippen LogP contribution in [-0.2, 0) is 18.5 Å². The largest absolute Gasteiger partial charge is 0.321 e. The fraction of sp³-hybridized carbons (Fsp3) is 0.375. The van der Waals surface area contributed by atoms with Crippen molar-refractivity contribution in [3.63, 3.8) is 0 Å². The van der Waals surface area contributed by atoms with Gasteiger partial charge in [-0.1, -0.05) is 54.6 Å². The molecule has 2 N–H and O–H groups in total. The molecule has 0 bridgehead atoms. The number of pyridine rings is 1. The smallest absolute Gasteiger partial charge is 0.318 e. The molecule has 4 aliphatic rings. The number of carbonyl (C=O) groups is 2. The van der Waals surface area contributed by atoms with Gasteiger partial charge in [-0.2, -0.15) is 5.10 Å². The third-order valence-corrected chi connectivity index (χ3v) is 9.54. The Morgan fingerprint density at radius 1 is 1.00 bits per heavy atom. The van der Waals surface area contributed by atoms with Gasteiger partial charge >= 0.3 is 6.03 Å². The lowest BCUT2D eigenvalue weighted by molar-refractivity contribution is 0.0480. The standard InChI is InChI=1S/C32H33N7O2/c40-30(27-13-12-22-9-4-5-11-26(22)33-27)34-29-25-20-39(32(14-15-32)28(25)35-36-29)31(41)38-19-23-10-6-16-37(23)18-24(38)17-21-7-2-1-3-8-21/h1-5,7-9,11-13,23-24H,6,10,14-20H2,(H2,34,35,36,40)/t23-,24-/m0/s1. The first-order chi connectivity index (χ1) is 20.1. The first-order valence-corrected chi connectivity index (χ1v) is 14.7. The summed E-state index contributed by atoms with van der Waals surface area (Å²) in [4.78, 5) is 38.9. The molecule has 1 spiro atoms. The van der Waals surface area contributed by atoms with E-state index in [0.717, 1.165) is 67.5 Å². The molecule has 8 rings (SSSR count). The fourth-order valence-corrected chi connectivity index (χ4v) is 7.24. The maximum absolute atomic E-state index is 14.4. The van der Waals surface area contributed by atoms with Crippen molar-refractivity contribution < 1.29 is 9.59 Å². The highest BCUT2D eigenvalue weighted by molar-refractivity contribution is 6.04. The van der Waals surface area contributed by atoms with Crippen LogP contribution in [0.3, 0.4) is 0 Å². The van der Waals surface area contributed by atoms with Crippen LogP contribution in [-0.4, -0.2) is 73.5 Å². The SMILES string of the molecule is O=C(Nc1n[nH]c2c1CN(C(=O)N1C[C@@H]3CCCN3C[C@@H]1Cc1ccccc1)C21CC1)c1ccc2ccccc2n1. The van der Waals surface area contributed by atoms with Gasteiger partial charge in [-0.25, -0.2) is 9.78 Å². The Morgan fingerprint density at radius 2 is 1.83 bits per heavy atom. The minimum Gasteiger partial charge on any atom is -0.318 e. The van der Waals surface area contributed by atoms with Crippen LogP contribution in [0.4, 0.5) is 10.6 Å². The Bertz CT molecular complexity index is 1650. The molecular formula is C32H33N7O2. The number of H-pyrrole nitrogens is 1. The van der Waals surface area contributed by atoms with Crippen molar-refractivity contribution >= 4 is 28.7 Å². The molecule has 4 aromatic rings. The van der Waals surface area contributed by atoms with Gasteiger partial charge in [0, 0.05) is 30.1 Å². The maximum atomic E-state index is 14.4. The number of anilines is 1. The molecule has 3 aliphatic heterocycles. The normalized spacial score (nSPS) is 22.6. The van der Waals surface area contributed by atoms with Crippen LogP contribution in [0.25, 0.3) is 10.9 Å². The van der Waals surface area contributed by atoms with Gasteiger partial charge in [-0.3, -0.25) is 14.8 Å². The highest BCUT2D eigenvalue weighted by Crippen LogP contribution is 2.57. The maximum Gasteiger partial charge on any atom is 0.321 e. The van der Waals surface area contributed by atoms with E-state index in [-0.39, 0.29) is 23.5 Å². The van der Waals surface area contributed by atoms with E-state index in [4.69, 9.17) is 0 Å². The third-order valence-electron chi connectivity index (χ3n) is 9.54. The summed E-state index contributed by atoms with van der Waals surface area (Å²) in [5, 5.41) is 11.6. The number of urea groups is 1. The molecular weight excluding hydrogens is 514 g/mol. The summed E-state index contributed by atoms with van der Waals surface area (Å²) < 4.78 is 0. The molecule has 3 fully saturated rings. The molecule has 1 saturated carbocycles. The summed E-state index contributed by atoms with van der Waals surface area (Å²) >= 11 is 0. The van der Waals surface area contributed by atoms with Gasteiger partial charge in [0.25, 0.3) is 5.91 Å². The quantitative estimate of drug-likeness (QED) is 0.392. The van der Waals surface area contributed by atoms with Crippen LogP contribution in [0.5, 0.6) is 0 Å². The molecule has 2 atom stereocenters. The van der Waals surface area contributed by atoms with Crippen molar-refractivity contribution in [2.75, 3.05) is 25.0 Å². The Balaban J connectivity index is 1.04. The minimum atomic E-state index is -0.353. The molecule has 0 radical (unpaired) electrons. The van der Waals surface area contributed by atoms with Gasteiger partial charge in [0.1, 0.15) is 5.69 Å². The molecule has 2 aromatic heterocycles. The summed E-state index contributed by atoms with van der Waals surface area (Å²) in [6.45, 7) is 3.25. The number of rotatable bonds is 4. The zero-order valence-electron chi connectivity index (χ0n) is 22.9. The average Bonchev–Trinajstić information content (AvgIpc) is 3.33. The molecule has 1 aliphatic carbocycles. The molecule has 208 valence electrons. The van der Waals surface area contributed by atoms with Crippen LogP contribution in [0.1, 0.15) is 53.0 Å². The molecule has 5 heterocycles. The lowest BCUT2D eigenvalue weighted by Crippen LogP contribution is -2.61. The van der Waals surface area contributed by atoms with Crippen LogP contribution in [0, 0.1) is 0 Å². The number of nitrogens with zero attached hydrogens (tertiary/aromatic N) is 5. The summed E-state index contributed by atoms with van der Waals surface area (Å²) in [7, 11) is 0. The average molecular weight is 548 g/mol. The van der Waals surface area contributed by atoms with Crippen molar-refractivity contribution in [3.05, 3.63) is 89.2 Å². The van der Waals surface area contributed by atoms with E-state index >= 15 is 0 Å². The first kappa shape index (κ1) is 24.5. The number of fused-ring (bicyclic) bond motifs is 4. The van der Waals surface area contributed by atoms with E-state index in [1.165, 1.54) is 12.0 Å². The Labute approximate surface area is 238 Å². The zero-order valence-corrected chi connectivity index (χ0v) is 22.9. The third kappa shape index (κ3) is 4.10. The number of aromatic amines is 1. The lowest BCUT2D eigenvalue weighted by Gasteiger charge is -2.45. The van der Waals surface area contributed by atoms with E-state index < -0.39 is 0 Å². The summed E-state index contributed by atoms with van der Waals surface area (Å²) in [6.07, 6.45) is 5.00. The summed E-state index contributed by atoms with van der Waals surface area (Å²) in [6, 6.07) is 22.6. The summed E-state index contributed by atoms with van der Waals surface area (Å²) in [5.41, 5.74) is 3.89. The van der Waals surface area contributed by atoms with Crippen LogP contribution in [0.2, 0.25) is 0 Å². The second-order valence-electron chi connectivity index (χ2n) is 12.0. The van der Waals surface area contributed by atoms with Crippen molar-refractivity contribution in [1.29, 1.82) is 0 Å². The monoisotopic (exact) mass is 547 g/mol. The van der Waals surface area contributed by atoms with E-state index in [1.807, 2.05) is 41.3 Å². The number of amides is 3. The lowest BCUT2D eigenvalue weighted by atomic mass is 10.00. The number of hydrogen-bond acceptors (Lipinski definition) is 5. The first-order valence-electron chi connectivity index (χ1n) is 14.7. The number of piperazine rings is 1. The Kier molecular flexibility index (Phi) is 5.63. The minimum absolute atomic E-state index is 0.105. The molecule has 3 amide bonds. The van der Waals surface area contributed by atoms with E-state index in [9.17, 15) is 9.59 Å². The van der Waals surface area contributed by atoms with Gasteiger partial charge in [-0.15, -0.1) is 0 Å². The second kappa shape index (κ2) is 9.41. The highest BCUT2D eigenvalue weighted by Gasteiger charge is 2.60. The van der Waals surface area contributed by atoms with Crippen molar-refractivity contribution in [1.82, 2.24) is 29.9 Å². The predicted octanol–water partition coefficient (Wildman–Crippen LogP) is 4.53. The Morgan fingerprint density at radius 3 is 2.68 bits per heavy atom. The molecule has 9 heteroatoms. The van der Waals surface area contributed by atoms with Crippen molar-refractivity contribution in [2.45, 2.75) is 56.3 Å². The number of aromatic nitrogens is 3. The van der Waals surface area contributed by atoms with Crippen LogP contribution in [0.15, 0.2) is 66.7 Å². The van der Waals surface area contributed by atoms with Crippen molar-refractivity contribution in [2.24, 2.45) is 0 Å². The summed E-state index contributed by atoms with van der Waals surface area (Å²) in [5.74, 6) is 0.183. The highest BCUT2D eigenvalue weighted by atomic mass is 16.2. The number of nitrogens with one attached hydrogen (secondary N) is 2. The van der Waals surface area contributed by atoms with E-state index in [1.54, 1.807) is 6.07 Å². The van der Waals surface area contributed by atoms with Gasteiger partial charge in [0.15, 0.2) is 5.82 Å². The molecule has 0 unspecified atom stereocenters. The number of benzene rings is 2. The number of hydrogen-bond donors (Lipinski definition) is 2. The van der Waals surface area contributed by atoms with Gasteiger partial charge in [0.2, 0.25) is 0 Å². The van der Waals surface area contributed by atoms with Crippen molar-refractivity contribution in [3.8, 4) is 0 Å². The molecule has 2 aromatic carbocycles. The molecule has 9 nitrogen and oxygen atoms in total. The van der Waals surface area contributed by atoms with Crippen LogP contribution < -0.4 is 5.32 Å². The van der Waals surface area contributed by atoms with E-state index in [0.29, 0.717) is 24.1 Å². The number of para-hydroxylation sites is 1. The topological polar surface area (TPSA) is 97.5 Å². The molecule has 41 heavy (non-hydrogen) atoms. The predicted molar refractivity (Wildman–Crippen MR) is 155 cm³/mol. The zero-order chi connectivity index (χ0) is 27.6. The number of carbonyl (C=O) groups excluding carboxylic acids is 2. The Hall–Kier alpha value is -4.24. The van der Waals surface area contributed by atoms with Gasteiger partial charge in [0.05, 0.1) is 29.3 Å². The van der Waals surface area contributed by atoms with Crippen LogP contribution >= 0.6 is 0 Å².